The maximum absolute atomic E-state index is 13.0. The monoisotopic (exact) mass is 298 g/mol. The van der Waals surface area contributed by atoms with Crippen molar-refractivity contribution in [2.45, 2.75) is 31.5 Å². The van der Waals surface area contributed by atoms with Gasteiger partial charge in [0, 0.05) is 18.3 Å². The van der Waals surface area contributed by atoms with Gasteiger partial charge in [-0.25, -0.2) is 4.79 Å². The Hall–Kier alpha value is -2.23. The van der Waals surface area contributed by atoms with Crippen LogP contribution in [0.5, 0.6) is 0 Å². The van der Waals surface area contributed by atoms with E-state index in [0.29, 0.717) is 12.2 Å². The summed E-state index contributed by atoms with van der Waals surface area (Å²) in [7, 11) is 0. The number of anilines is 1. The van der Waals surface area contributed by atoms with Gasteiger partial charge >= 0.3 is 12.1 Å². The molecule has 1 aliphatic rings. The molecule has 0 spiro atoms. The van der Waals surface area contributed by atoms with E-state index in [4.69, 9.17) is 10.4 Å². The van der Waals surface area contributed by atoms with E-state index in [-0.39, 0.29) is 12.5 Å². The number of carboxylic acid groups (broad SMARTS) is 1. The van der Waals surface area contributed by atoms with E-state index in [1.807, 2.05) is 6.07 Å². The Morgan fingerprint density at radius 1 is 1.43 bits per heavy atom. The maximum atomic E-state index is 13.0. The molecule has 0 aromatic heterocycles. The van der Waals surface area contributed by atoms with Crippen LogP contribution >= 0.6 is 0 Å². The molecule has 0 heterocycles. The van der Waals surface area contributed by atoms with Crippen molar-refractivity contribution >= 4 is 11.7 Å². The molecular formula is C14H13F3N2O2. The fraction of sp³-hybridized carbons (Fsp3) is 0.429. The summed E-state index contributed by atoms with van der Waals surface area (Å²) in [6, 6.07) is 5.31. The first-order valence-electron chi connectivity index (χ1n) is 6.42. The van der Waals surface area contributed by atoms with E-state index < -0.39 is 23.3 Å². The molecule has 0 aliphatic heterocycles. The minimum Gasteiger partial charge on any atom is -0.478 e. The molecular weight excluding hydrogens is 285 g/mol. The van der Waals surface area contributed by atoms with E-state index in [1.165, 1.54) is 6.07 Å². The molecule has 1 aromatic rings. The Bertz CT molecular complexity index is 589. The highest BCUT2D eigenvalue weighted by Gasteiger charge is 2.37. The van der Waals surface area contributed by atoms with Crippen molar-refractivity contribution in [2.24, 2.45) is 0 Å². The van der Waals surface area contributed by atoms with Gasteiger partial charge in [-0.1, -0.05) is 0 Å². The van der Waals surface area contributed by atoms with E-state index >= 15 is 0 Å². The third kappa shape index (κ3) is 3.45. The second-order valence-corrected chi connectivity index (χ2v) is 4.87. The molecule has 0 unspecified atom stereocenters. The normalized spacial score (nSPS) is 14.6. The topological polar surface area (TPSA) is 64.3 Å². The molecule has 7 heteroatoms. The zero-order valence-electron chi connectivity index (χ0n) is 11.0. The number of halogens is 3. The zero-order chi connectivity index (χ0) is 15.6. The molecule has 0 saturated heterocycles. The van der Waals surface area contributed by atoms with Gasteiger partial charge in [-0.15, -0.1) is 0 Å². The molecule has 0 amide bonds. The summed E-state index contributed by atoms with van der Waals surface area (Å²) in [5.74, 6) is -1.61. The van der Waals surface area contributed by atoms with Gasteiger partial charge in [-0.2, -0.15) is 18.4 Å². The third-order valence-electron chi connectivity index (χ3n) is 3.32. The summed E-state index contributed by atoms with van der Waals surface area (Å²) < 4.78 is 39.0. The van der Waals surface area contributed by atoms with Crippen molar-refractivity contribution in [3.63, 3.8) is 0 Å². The smallest absolute Gasteiger partial charge is 0.417 e. The molecule has 1 saturated carbocycles. The first-order chi connectivity index (χ1) is 9.84. The van der Waals surface area contributed by atoms with Crippen LogP contribution in [0.25, 0.3) is 0 Å². The van der Waals surface area contributed by atoms with Crippen molar-refractivity contribution < 1.29 is 23.1 Å². The molecule has 0 bridgehead atoms. The lowest BCUT2D eigenvalue weighted by molar-refractivity contribution is -0.138. The summed E-state index contributed by atoms with van der Waals surface area (Å²) >= 11 is 0. The highest BCUT2D eigenvalue weighted by atomic mass is 19.4. The third-order valence-corrected chi connectivity index (χ3v) is 3.32. The number of hydrogen-bond donors (Lipinski definition) is 1. The fourth-order valence-corrected chi connectivity index (χ4v) is 2.21. The summed E-state index contributed by atoms with van der Waals surface area (Å²) in [6.07, 6.45) is -2.78. The predicted octanol–water partition coefficient (Wildman–Crippen LogP) is 3.29. The van der Waals surface area contributed by atoms with Crippen LogP contribution in [0.2, 0.25) is 0 Å². The van der Waals surface area contributed by atoms with Crippen LogP contribution in [0, 0.1) is 11.3 Å². The molecule has 1 fully saturated rings. The maximum Gasteiger partial charge on any atom is 0.417 e. The van der Waals surface area contributed by atoms with Crippen molar-refractivity contribution in [3.05, 3.63) is 29.3 Å². The fourth-order valence-electron chi connectivity index (χ4n) is 2.21. The molecule has 21 heavy (non-hydrogen) atoms. The first-order valence-corrected chi connectivity index (χ1v) is 6.42. The van der Waals surface area contributed by atoms with Crippen LogP contribution in [-0.4, -0.2) is 23.7 Å². The number of carbonyl (C=O) groups is 1. The van der Waals surface area contributed by atoms with Crippen LogP contribution in [0.3, 0.4) is 0 Å². The number of aromatic carboxylic acids is 1. The van der Waals surface area contributed by atoms with E-state index in [1.54, 1.807) is 4.90 Å². The molecule has 0 radical (unpaired) electrons. The van der Waals surface area contributed by atoms with Gasteiger partial charge < -0.3 is 10.0 Å². The Balaban J connectivity index is 2.40. The second kappa shape index (κ2) is 5.64. The largest absolute Gasteiger partial charge is 0.478 e. The van der Waals surface area contributed by atoms with Crippen molar-refractivity contribution in [1.82, 2.24) is 0 Å². The molecule has 0 atom stereocenters. The van der Waals surface area contributed by atoms with Gasteiger partial charge in [0.25, 0.3) is 0 Å². The number of rotatable bonds is 5. The second-order valence-electron chi connectivity index (χ2n) is 4.87. The number of nitriles is 1. The number of nitrogens with zero attached hydrogens (tertiary/aromatic N) is 2. The number of benzene rings is 1. The molecule has 112 valence electrons. The highest BCUT2D eigenvalue weighted by Crippen LogP contribution is 2.37. The lowest BCUT2D eigenvalue weighted by Crippen LogP contribution is -2.27. The SMILES string of the molecule is N#CCCN(c1ccc(C(=O)O)c(C(F)(F)F)c1)C1CC1. The zero-order valence-corrected chi connectivity index (χ0v) is 11.0. The van der Waals surface area contributed by atoms with E-state index in [0.717, 1.165) is 25.0 Å². The Morgan fingerprint density at radius 2 is 2.10 bits per heavy atom. The molecule has 2 rings (SSSR count). The average Bonchev–Trinajstić information content (AvgIpc) is 3.22. The van der Waals surface area contributed by atoms with Crippen LogP contribution in [0.4, 0.5) is 18.9 Å². The summed E-state index contributed by atoms with van der Waals surface area (Å²) in [5.41, 5.74) is -1.61. The number of hydrogen-bond acceptors (Lipinski definition) is 3. The minimum atomic E-state index is -4.73. The van der Waals surface area contributed by atoms with Gasteiger partial charge in [0.2, 0.25) is 0 Å². The summed E-state index contributed by atoms with van der Waals surface area (Å²) in [4.78, 5) is 12.7. The lowest BCUT2D eigenvalue weighted by atomic mass is 10.1. The summed E-state index contributed by atoms with van der Waals surface area (Å²) in [5, 5.41) is 17.5. The van der Waals surface area contributed by atoms with Gasteiger partial charge in [-0.3, -0.25) is 0 Å². The van der Waals surface area contributed by atoms with Crippen LogP contribution in [-0.2, 0) is 6.18 Å². The average molecular weight is 298 g/mol. The van der Waals surface area contributed by atoms with Crippen molar-refractivity contribution in [3.8, 4) is 6.07 Å². The highest BCUT2D eigenvalue weighted by molar-refractivity contribution is 5.90. The summed E-state index contributed by atoms with van der Waals surface area (Å²) in [6.45, 7) is 0.338. The van der Waals surface area contributed by atoms with E-state index in [9.17, 15) is 18.0 Å². The minimum absolute atomic E-state index is 0.134. The predicted molar refractivity (Wildman–Crippen MR) is 69.0 cm³/mol. The van der Waals surface area contributed by atoms with Crippen LogP contribution in [0.1, 0.15) is 35.2 Å². The van der Waals surface area contributed by atoms with Gasteiger partial charge in [0.05, 0.1) is 23.6 Å². The Kier molecular flexibility index (Phi) is 4.07. The Morgan fingerprint density at radius 3 is 2.57 bits per heavy atom. The molecule has 4 nitrogen and oxygen atoms in total. The lowest BCUT2D eigenvalue weighted by Gasteiger charge is -2.25. The number of carboxylic acids is 1. The van der Waals surface area contributed by atoms with Crippen LogP contribution in [0.15, 0.2) is 18.2 Å². The van der Waals surface area contributed by atoms with E-state index in [2.05, 4.69) is 0 Å². The van der Waals surface area contributed by atoms with Crippen LogP contribution < -0.4 is 4.90 Å². The first kappa shape index (κ1) is 15.2. The quantitative estimate of drug-likeness (QED) is 0.906. The molecule has 1 N–H and O–H groups in total. The van der Waals surface area contributed by atoms with Gasteiger partial charge in [-0.05, 0) is 31.0 Å². The molecule has 1 aromatic carbocycles. The van der Waals surface area contributed by atoms with Gasteiger partial charge in [0.15, 0.2) is 0 Å². The van der Waals surface area contributed by atoms with Crippen molar-refractivity contribution in [1.29, 1.82) is 5.26 Å². The molecule has 1 aliphatic carbocycles. The van der Waals surface area contributed by atoms with Crippen molar-refractivity contribution in [2.75, 3.05) is 11.4 Å². The number of alkyl halides is 3. The standard InChI is InChI=1S/C14H13F3N2O2/c15-14(16,17)12-8-10(4-5-11(12)13(20)21)19(7-1-6-18)9-2-3-9/h4-5,8-9H,1-3,7H2,(H,20,21). The Labute approximate surface area is 119 Å². The van der Waals surface area contributed by atoms with Gasteiger partial charge in [0.1, 0.15) is 0 Å².